The van der Waals surface area contributed by atoms with E-state index >= 15 is 0 Å². The Kier molecular flexibility index (Phi) is 2.51. The molecule has 8 heteroatoms. The average molecular weight is 263 g/mol. The number of amides is 4. The molecule has 0 saturated carbocycles. The van der Waals surface area contributed by atoms with Gasteiger partial charge in [0.15, 0.2) is 0 Å². The highest BCUT2D eigenvalue weighted by molar-refractivity contribution is 6.07. The highest BCUT2D eigenvalue weighted by Gasteiger charge is 2.48. The number of aromatic amines is 1. The van der Waals surface area contributed by atoms with Gasteiger partial charge in [-0.3, -0.25) is 20.0 Å². The first-order chi connectivity index (χ1) is 9.11. The fourth-order valence-corrected chi connectivity index (χ4v) is 2.52. The van der Waals surface area contributed by atoms with Crippen molar-refractivity contribution in [3.63, 3.8) is 0 Å². The van der Waals surface area contributed by atoms with Crippen molar-refractivity contribution in [2.75, 3.05) is 13.1 Å². The summed E-state index contributed by atoms with van der Waals surface area (Å²) in [6.45, 7) is 0.844. The van der Waals surface area contributed by atoms with Crippen LogP contribution in [0.3, 0.4) is 0 Å². The van der Waals surface area contributed by atoms with Gasteiger partial charge in [0.25, 0.3) is 11.8 Å². The molecule has 2 fully saturated rings. The molecule has 1 aromatic rings. The third kappa shape index (κ3) is 1.85. The summed E-state index contributed by atoms with van der Waals surface area (Å²) in [6, 6.07) is 1.15. The number of piperidine rings is 1. The molecule has 0 atom stereocenters. The van der Waals surface area contributed by atoms with Crippen LogP contribution in [-0.2, 0) is 4.79 Å². The van der Waals surface area contributed by atoms with E-state index in [1.54, 1.807) is 11.0 Å². The number of likely N-dealkylation sites (tertiary alicyclic amines) is 1. The van der Waals surface area contributed by atoms with Gasteiger partial charge in [-0.05, 0) is 18.9 Å². The van der Waals surface area contributed by atoms with E-state index in [1.807, 2.05) is 0 Å². The summed E-state index contributed by atoms with van der Waals surface area (Å²) in [5, 5.41) is 11.3. The van der Waals surface area contributed by atoms with Crippen LogP contribution in [-0.4, -0.2) is 51.6 Å². The molecule has 0 unspecified atom stereocenters. The maximum Gasteiger partial charge on any atom is 0.322 e. The van der Waals surface area contributed by atoms with Crippen molar-refractivity contribution in [1.29, 1.82) is 0 Å². The molecule has 0 radical (unpaired) electrons. The van der Waals surface area contributed by atoms with Crippen molar-refractivity contribution in [3.05, 3.63) is 18.0 Å². The number of urea groups is 1. The quantitative estimate of drug-likeness (QED) is 0.578. The lowest BCUT2D eigenvalue weighted by molar-refractivity contribution is -0.125. The minimum atomic E-state index is -0.845. The Morgan fingerprint density at radius 1 is 1.32 bits per heavy atom. The SMILES string of the molecule is O=C1NC(=O)C2(CCN(C(=O)c3ccn[nH]3)CC2)N1. The second-order valence-electron chi connectivity index (χ2n) is 4.75. The van der Waals surface area contributed by atoms with Gasteiger partial charge in [-0.15, -0.1) is 0 Å². The van der Waals surface area contributed by atoms with Crippen LogP contribution in [0.4, 0.5) is 4.79 Å². The molecule has 4 amide bonds. The molecule has 19 heavy (non-hydrogen) atoms. The number of hydrogen-bond donors (Lipinski definition) is 3. The summed E-state index contributed by atoms with van der Waals surface area (Å²) < 4.78 is 0. The number of carbonyl (C=O) groups excluding carboxylic acids is 3. The van der Waals surface area contributed by atoms with Gasteiger partial charge in [0, 0.05) is 19.3 Å². The summed E-state index contributed by atoms with van der Waals surface area (Å²) in [6.07, 6.45) is 2.36. The molecule has 0 aromatic carbocycles. The van der Waals surface area contributed by atoms with Crippen molar-refractivity contribution in [3.8, 4) is 0 Å². The molecule has 1 aromatic heterocycles. The molecule has 3 N–H and O–H groups in total. The number of nitrogens with zero attached hydrogens (tertiary/aromatic N) is 2. The Labute approximate surface area is 108 Å². The van der Waals surface area contributed by atoms with Crippen molar-refractivity contribution in [2.24, 2.45) is 0 Å². The van der Waals surface area contributed by atoms with E-state index in [4.69, 9.17) is 0 Å². The molecule has 8 nitrogen and oxygen atoms in total. The number of hydrogen-bond acceptors (Lipinski definition) is 4. The Morgan fingerprint density at radius 3 is 2.58 bits per heavy atom. The highest BCUT2D eigenvalue weighted by Crippen LogP contribution is 2.26. The first-order valence-electron chi connectivity index (χ1n) is 6.03. The fraction of sp³-hybridized carbons (Fsp3) is 0.455. The molecule has 2 aliphatic heterocycles. The number of rotatable bonds is 1. The number of H-pyrrole nitrogens is 1. The van der Waals surface area contributed by atoms with Gasteiger partial charge >= 0.3 is 6.03 Å². The second-order valence-corrected chi connectivity index (χ2v) is 4.75. The van der Waals surface area contributed by atoms with E-state index in [0.717, 1.165) is 0 Å². The van der Waals surface area contributed by atoms with Crippen LogP contribution in [0.5, 0.6) is 0 Å². The molecular weight excluding hydrogens is 250 g/mol. The lowest BCUT2D eigenvalue weighted by atomic mass is 9.87. The predicted molar refractivity (Wildman–Crippen MR) is 63.1 cm³/mol. The van der Waals surface area contributed by atoms with Crippen LogP contribution in [0.1, 0.15) is 23.3 Å². The third-order valence-corrected chi connectivity index (χ3v) is 3.65. The molecule has 0 bridgehead atoms. The van der Waals surface area contributed by atoms with Crippen molar-refractivity contribution in [2.45, 2.75) is 18.4 Å². The van der Waals surface area contributed by atoms with Crippen LogP contribution in [0.2, 0.25) is 0 Å². The Bertz CT molecular complexity index is 531. The van der Waals surface area contributed by atoms with Gasteiger partial charge in [-0.25, -0.2) is 4.79 Å². The highest BCUT2D eigenvalue weighted by atomic mass is 16.2. The Hall–Kier alpha value is -2.38. The van der Waals surface area contributed by atoms with Gasteiger partial charge in [-0.2, -0.15) is 5.10 Å². The Balaban J connectivity index is 1.68. The van der Waals surface area contributed by atoms with Crippen LogP contribution in [0, 0.1) is 0 Å². The predicted octanol–water partition coefficient (Wildman–Crippen LogP) is -0.776. The van der Waals surface area contributed by atoms with E-state index in [1.165, 1.54) is 6.20 Å². The summed E-state index contributed by atoms with van der Waals surface area (Å²) in [7, 11) is 0. The van der Waals surface area contributed by atoms with Crippen LogP contribution in [0.25, 0.3) is 0 Å². The van der Waals surface area contributed by atoms with Crippen LogP contribution < -0.4 is 10.6 Å². The molecule has 3 rings (SSSR count). The molecule has 0 aliphatic carbocycles. The van der Waals surface area contributed by atoms with Gasteiger partial charge in [0.1, 0.15) is 11.2 Å². The first kappa shape index (κ1) is 11.7. The Morgan fingerprint density at radius 2 is 2.05 bits per heavy atom. The maximum absolute atomic E-state index is 12.1. The van der Waals surface area contributed by atoms with Crippen molar-refractivity contribution in [1.82, 2.24) is 25.7 Å². The van der Waals surface area contributed by atoms with Gasteiger partial charge in [-0.1, -0.05) is 0 Å². The zero-order valence-electron chi connectivity index (χ0n) is 10.1. The van der Waals surface area contributed by atoms with Gasteiger partial charge < -0.3 is 10.2 Å². The largest absolute Gasteiger partial charge is 0.337 e. The van der Waals surface area contributed by atoms with E-state index in [2.05, 4.69) is 20.8 Å². The third-order valence-electron chi connectivity index (χ3n) is 3.65. The van der Waals surface area contributed by atoms with Gasteiger partial charge in [0.05, 0.1) is 0 Å². The van der Waals surface area contributed by atoms with Crippen molar-refractivity contribution < 1.29 is 14.4 Å². The molecule has 100 valence electrons. The van der Waals surface area contributed by atoms with Crippen LogP contribution >= 0.6 is 0 Å². The maximum atomic E-state index is 12.1. The fourth-order valence-electron chi connectivity index (χ4n) is 2.52. The van der Waals surface area contributed by atoms with Crippen LogP contribution in [0.15, 0.2) is 12.3 Å². The van der Waals surface area contributed by atoms with Gasteiger partial charge in [0.2, 0.25) is 0 Å². The van der Waals surface area contributed by atoms with Crippen molar-refractivity contribution >= 4 is 17.8 Å². The molecule has 2 saturated heterocycles. The summed E-state index contributed by atoms with van der Waals surface area (Å²) in [5.74, 6) is -0.441. The zero-order chi connectivity index (χ0) is 13.5. The summed E-state index contributed by atoms with van der Waals surface area (Å²) in [4.78, 5) is 36.7. The number of imide groups is 1. The van der Waals surface area contributed by atoms with E-state index in [-0.39, 0.29) is 11.8 Å². The standard InChI is InChI=1S/C11H13N5O3/c17-8(7-1-4-12-15-7)16-5-2-11(3-6-16)9(18)13-10(19)14-11/h1,4H,2-3,5-6H2,(H,12,15)(H2,13,14,18,19). The minimum absolute atomic E-state index is 0.142. The minimum Gasteiger partial charge on any atom is -0.337 e. The molecule has 1 spiro atoms. The lowest BCUT2D eigenvalue weighted by Crippen LogP contribution is -2.55. The van der Waals surface area contributed by atoms with E-state index in [0.29, 0.717) is 31.6 Å². The molecule has 2 aliphatic rings. The smallest absolute Gasteiger partial charge is 0.322 e. The number of aromatic nitrogens is 2. The topological polar surface area (TPSA) is 107 Å². The summed E-state index contributed by atoms with van der Waals surface area (Å²) >= 11 is 0. The number of carbonyl (C=O) groups is 3. The molecule has 3 heterocycles. The van der Waals surface area contributed by atoms with E-state index < -0.39 is 11.6 Å². The average Bonchev–Trinajstić information content (AvgIpc) is 2.99. The summed E-state index contributed by atoms with van der Waals surface area (Å²) in [5.41, 5.74) is -0.419. The number of nitrogens with one attached hydrogen (secondary N) is 3. The zero-order valence-corrected chi connectivity index (χ0v) is 10.1. The molecular formula is C11H13N5O3. The monoisotopic (exact) mass is 263 g/mol. The lowest BCUT2D eigenvalue weighted by Gasteiger charge is -2.36. The second kappa shape index (κ2) is 4.08. The normalized spacial score (nSPS) is 21.4. The first-order valence-corrected chi connectivity index (χ1v) is 6.03. The van der Waals surface area contributed by atoms with E-state index in [9.17, 15) is 14.4 Å².